The fourth-order valence-corrected chi connectivity index (χ4v) is 1.37. The predicted molar refractivity (Wildman–Crippen MR) is 56.6 cm³/mol. The Balaban J connectivity index is 2.68. The number of alkyl halides is 4. The van der Waals surface area contributed by atoms with E-state index in [1.54, 1.807) is 12.1 Å². The zero-order valence-corrected chi connectivity index (χ0v) is 9.59. The summed E-state index contributed by atoms with van der Waals surface area (Å²) in [5, 5.41) is 0. The van der Waals surface area contributed by atoms with E-state index in [0.717, 1.165) is 12.0 Å². The van der Waals surface area contributed by atoms with E-state index in [0.29, 0.717) is 5.92 Å². The first-order valence-corrected chi connectivity index (χ1v) is 5.25. The summed E-state index contributed by atoms with van der Waals surface area (Å²) in [6, 6.07) is 5.73. The Morgan fingerprint density at radius 1 is 1.12 bits per heavy atom. The van der Waals surface area contributed by atoms with Gasteiger partial charge in [-0.2, -0.15) is 17.6 Å². The molecular weight excluding hydrogens is 236 g/mol. The third-order valence-electron chi connectivity index (χ3n) is 2.08. The molecule has 1 nitrogen and oxygen atoms in total. The van der Waals surface area contributed by atoms with Crippen LogP contribution in [0.1, 0.15) is 19.4 Å². The average Bonchev–Trinajstić information content (AvgIpc) is 2.19. The van der Waals surface area contributed by atoms with Crippen LogP contribution in [-0.2, 0) is 6.42 Å². The van der Waals surface area contributed by atoms with Gasteiger partial charge in [0.05, 0.1) is 0 Å². The average molecular weight is 250 g/mol. The third kappa shape index (κ3) is 4.24. The van der Waals surface area contributed by atoms with Crippen LogP contribution in [0.5, 0.6) is 5.75 Å². The van der Waals surface area contributed by atoms with Gasteiger partial charge in [0.2, 0.25) is 0 Å². The van der Waals surface area contributed by atoms with Crippen molar-refractivity contribution in [2.45, 2.75) is 32.8 Å². The van der Waals surface area contributed by atoms with E-state index < -0.39 is 12.5 Å². The second-order valence-electron chi connectivity index (χ2n) is 4.21. The van der Waals surface area contributed by atoms with Crippen LogP contribution in [0.25, 0.3) is 0 Å². The monoisotopic (exact) mass is 250 g/mol. The van der Waals surface area contributed by atoms with Crippen LogP contribution in [0.2, 0.25) is 0 Å². The van der Waals surface area contributed by atoms with Crippen molar-refractivity contribution >= 4 is 0 Å². The van der Waals surface area contributed by atoms with Crippen LogP contribution < -0.4 is 4.74 Å². The van der Waals surface area contributed by atoms with Crippen molar-refractivity contribution in [2.24, 2.45) is 5.92 Å². The number of rotatable bonds is 5. The van der Waals surface area contributed by atoms with Gasteiger partial charge in [0.25, 0.3) is 0 Å². The smallest absolute Gasteiger partial charge is 0.428 e. The Morgan fingerprint density at radius 3 is 2.06 bits per heavy atom. The van der Waals surface area contributed by atoms with E-state index in [1.165, 1.54) is 12.1 Å². The summed E-state index contributed by atoms with van der Waals surface area (Å²) in [5.74, 6) is 0.173. The molecule has 5 heteroatoms. The van der Waals surface area contributed by atoms with Gasteiger partial charge in [0, 0.05) is 0 Å². The van der Waals surface area contributed by atoms with Crippen LogP contribution in [-0.4, -0.2) is 12.5 Å². The summed E-state index contributed by atoms with van der Waals surface area (Å²) in [5.41, 5.74) is 0.952. The molecule has 17 heavy (non-hydrogen) atoms. The minimum absolute atomic E-state index is 0.261. The molecule has 0 heterocycles. The maximum Gasteiger partial charge on any atom is 0.461 e. The molecule has 0 spiro atoms. The molecule has 1 aromatic carbocycles. The molecule has 0 fully saturated rings. The molecule has 1 rings (SSSR count). The number of hydrogen-bond acceptors (Lipinski definition) is 1. The lowest BCUT2D eigenvalue weighted by Crippen LogP contribution is -2.33. The lowest BCUT2D eigenvalue weighted by Gasteiger charge is -2.17. The standard InChI is InChI=1S/C12H14F4O/c1-8(2)7-9-3-5-10(6-4-9)17-12(15,16)11(13)14/h3-6,8,11H,7H2,1-2H3. The molecule has 0 aliphatic heterocycles. The summed E-state index contributed by atoms with van der Waals surface area (Å²) >= 11 is 0. The first-order chi connectivity index (χ1) is 7.81. The van der Waals surface area contributed by atoms with Crippen molar-refractivity contribution in [1.29, 1.82) is 0 Å². The minimum atomic E-state index is -4.44. The Hall–Kier alpha value is -1.26. The molecule has 0 amide bonds. The van der Waals surface area contributed by atoms with Crippen molar-refractivity contribution in [3.8, 4) is 5.75 Å². The molecular formula is C12H14F4O. The van der Waals surface area contributed by atoms with Gasteiger partial charge in [-0.15, -0.1) is 0 Å². The fraction of sp³-hybridized carbons (Fsp3) is 0.500. The van der Waals surface area contributed by atoms with Gasteiger partial charge >= 0.3 is 12.5 Å². The van der Waals surface area contributed by atoms with Crippen LogP contribution in [0, 0.1) is 5.92 Å². The van der Waals surface area contributed by atoms with Gasteiger partial charge in [0.1, 0.15) is 5.75 Å². The van der Waals surface area contributed by atoms with E-state index in [4.69, 9.17) is 0 Å². The fourth-order valence-electron chi connectivity index (χ4n) is 1.37. The molecule has 0 atom stereocenters. The maximum absolute atomic E-state index is 12.6. The lowest BCUT2D eigenvalue weighted by molar-refractivity contribution is -0.253. The highest BCUT2D eigenvalue weighted by Crippen LogP contribution is 2.27. The van der Waals surface area contributed by atoms with E-state index in [2.05, 4.69) is 4.74 Å². The van der Waals surface area contributed by atoms with Crippen LogP contribution in [0.3, 0.4) is 0 Å². The zero-order chi connectivity index (χ0) is 13.1. The summed E-state index contributed by atoms with van der Waals surface area (Å²) in [6.07, 6.45) is -7.48. The van der Waals surface area contributed by atoms with Crippen LogP contribution >= 0.6 is 0 Å². The molecule has 0 unspecified atom stereocenters. The van der Waals surface area contributed by atoms with Crippen LogP contribution in [0.4, 0.5) is 17.6 Å². The summed E-state index contributed by atoms with van der Waals surface area (Å²) in [7, 11) is 0. The Morgan fingerprint density at radius 2 is 1.65 bits per heavy atom. The van der Waals surface area contributed by atoms with Gasteiger partial charge in [-0.05, 0) is 30.0 Å². The summed E-state index contributed by atoms with van der Waals surface area (Å²) in [6.45, 7) is 4.05. The van der Waals surface area contributed by atoms with Gasteiger partial charge in [-0.25, -0.2) is 0 Å². The highest BCUT2D eigenvalue weighted by molar-refractivity contribution is 5.27. The van der Waals surface area contributed by atoms with E-state index in [-0.39, 0.29) is 5.75 Å². The minimum Gasteiger partial charge on any atom is -0.428 e. The quantitative estimate of drug-likeness (QED) is 0.714. The van der Waals surface area contributed by atoms with Crippen molar-refractivity contribution in [3.05, 3.63) is 29.8 Å². The van der Waals surface area contributed by atoms with E-state index >= 15 is 0 Å². The second kappa shape index (κ2) is 5.38. The number of halogens is 4. The van der Waals surface area contributed by atoms with Crippen molar-refractivity contribution in [1.82, 2.24) is 0 Å². The lowest BCUT2D eigenvalue weighted by atomic mass is 10.0. The Labute approximate surface area is 97.4 Å². The first kappa shape index (κ1) is 13.8. The molecule has 0 radical (unpaired) electrons. The molecule has 0 aliphatic rings. The normalized spacial score (nSPS) is 12.2. The second-order valence-corrected chi connectivity index (χ2v) is 4.21. The molecule has 0 aliphatic carbocycles. The van der Waals surface area contributed by atoms with Crippen molar-refractivity contribution in [3.63, 3.8) is 0 Å². The molecule has 0 bridgehead atoms. The van der Waals surface area contributed by atoms with Crippen molar-refractivity contribution < 1.29 is 22.3 Å². The van der Waals surface area contributed by atoms with Gasteiger partial charge < -0.3 is 4.74 Å². The first-order valence-electron chi connectivity index (χ1n) is 5.25. The molecule has 0 saturated heterocycles. The van der Waals surface area contributed by atoms with Crippen LogP contribution in [0.15, 0.2) is 24.3 Å². The number of benzene rings is 1. The molecule has 0 N–H and O–H groups in total. The topological polar surface area (TPSA) is 9.23 Å². The SMILES string of the molecule is CC(C)Cc1ccc(OC(F)(F)C(F)F)cc1. The molecule has 0 saturated carbocycles. The van der Waals surface area contributed by atoms with E-state index in [9.17, 15) is 17.6 Å². The summed E-state index contributed by atoms with van der Waals surface area (Å²) < 4.78 is 52.8. The molecule has 0 aromatic heterocycles. The number of ether oxygens (including phenoxy) is 1. The summed E-state index contributed by atoms with van der Waals surface area (Å²) in [4.78, 5) is 0. The Kier molecular flexibility index (Phi) is 4.37. The number of hydrogen-bond donors (Lipinski definition) is 0. The maximum atomic E-state index is 12.6. The highest BCUT2D eigenvalue weighted by Gasteiger charge is 2.43. The van der Waals surface area contributed by atoms with Gasteiger partial charge in [0.15, 0.2) is 0 Å². The molecule has 96 valence electrons. The van der Waals surface area contributed by atoms with E-state index in [1.807, 2.05) is 13.8 Å². The largest absolute Gasteiger partial charge is 0.461 e. The van der Waals surface area contributed by atoms with Gasteiger partial charge in [-0.3, -0.25) is 0 Å². The predicted octanol–water partition coefficient (Wildman–Crippen LogP) is 4.12. The zero-order valence-electron chi connectivity index (χ0n) is 9.59. The highest BCUT2D eigenvalue weighted by atomic mass is 19.3. The Bertz CT molecular complexity index is 346. The third-order valence-corrected chi connectivity index (χ3v) is 2.08. The van der Waals surface area contributed by atoms with Gasteiger partial charge in [-0.1, -0.05) is 26.0 Å². The van der Waals surface area contributed by atoms with Crippen molar-refractivity contribution in [2.75, 3.05) is 0 Å². The molecule has 1 aromatic rings.